The molecular weight excluding hydrogens is 442 g/mol. The number of thiophene rings is 1. The molecule has 0 bridgehead atoms. The Labute approximate surface area is 198 Å². The lowest BCUT2D eigenvalue weighted by Crippen LogP contribution is -2.18. The second-order valence-electron chi connectivity index (χ2n) is 8.42. The Balaban J connectivity index is 1.60. The van der Waals surface area contributed by atoms with E-state index in [1.165, 1.54) is 36.7 Å². The molecule has 1 aromatic heterocycles. The Morgan fingerprint density at radius 1 is 1.18 bits per heavy atom. The number of fused-ring (bicyclic) bond motifs is 1. The number of ether oxygens (including phenoxy) is 3. The molecular formula is C25H31NO6S. The van der Waals surface area contributed by atoms with E-state index in [9.17, 15) is 14.4 Å². The van der Waals surface area contributed by atoms with Gasteiger partial charge >= 0.3 is 11.9 Å². The minimum Gasteiger partial charge on any atom is -0.494 e. The predicted octanol–water partition coefficient (Wildman–Crippen LogP) is 4.97. The van der Waals surface area contributed by atoms with Crippen LogP contribution in [-0.2, 0) is 25.5 Å². The number of nitrogens with one attached hydrogen (secondary N) is 1. The van der Waals surface area contributed by atoms with Gasteiger partial charge < -0.3 is 19.5 Å². The Bertz CT molecular complexity index is 1040. The molecule has 0 aliphatic heterocycles. The molecule has 0 radical (unpaired) electrons. The summed E-state index contributed by atoms with van der Waals surface area (Å²) in [7, 11) is 2.61. The van der Waals surface area contributed by atoms with E-state index in [1.54, 1.807) is 0 Å². The summed E-state index contributed by atoms with van der Waals surface area (Å²) in [6.07, 6.45) is 2.01. The first-order valence-electron chi connectivity index (χ1n) is 11.1. The number of methoxy groups -OCH3 is 2. The summed E-state index contributed by atoms with van der Waals surface area (Å²) in [5.74, 6) is -0.442. The van der Waals surface area contributed by atoms with Crippen molar-refractivity contribution in [1.29, 1.82) is 0 Å². The number of benzene rings is 1. The number of rotatable bonds is 9. The van der Waals surface area contributed by atoms with Crippen molar-refractivity contribution < 1.29 is 28.6 Å². The maximum Gasteiger partial charge on any atom is 0.341 e. The van der Waals surface area contributed by atoms with Gasteiger partial charge in [0.05, 0.1) is 32.3 Å². The van der Waals surface area contributed by atoms with Crippen molar-refractivity contribution in [3.63, 3.8) is 0 Å². The predicted molar refractivity (Wildman–Crippen MR) is 127 cm³/mol. The van der Waals surface area contributed by atoms with E-state index in [2.05, 4.69) is 32.2 Å². The molecule has 0 saturated heterocycles. The standard InChI is InChI=1S/C25H31NO6S/c1-14(2)17-9-8-16(13-15(17)3)32-12-6-7-20(27)26-23-22(25(29)31-5)21-18(24(28)30-4)10-11-19(21)33-23/h8-9,13-14,18H,6-7,10-12H2,1-5H3,(H,26,27). The molecule has 2 aromatic rings. The van der Waals surface area contributed by atoms with E-state index in [-0.39, 0.29) is 23.9 Å². The smallest absolute Gasteiger partial charge is 0.341 e. The van der Waals surface area contributed by atoms with Crippen molar-refractivity contribution in [2.45, 2.75) is 58.3 Å². The van der Waals surface area contributed by atoms with Gasteiger partial charge in [-0.3, -0.25) is 9.59 Å². The number of amides is 1. The molecule has 3 rings (SSSR count). The van der Waals surface area contributed by atoms with Crippen LogP contribution in [0.25, 0.3) is 0 Å². The van der Waals surface area contributed by atoms with Crippen molar-refractivity contribution in [3.05, 3.63) is 45.3 Å². The molecule has 1 amide bonds. The van der Waals surface area contributed by atoms with Crippen LogP contribution >= 0.6 is 11.3 Å². The minimum atomic E-state index is -0.567. The highest BCUT2D eigenvalue weighted by Crippen LogP contribution is 2.45. The monoisotopic (exact) mass is 473 g/mol. The van der Waals surface area contributed by atoms with Crippen LogP contribution in [0.2, 0.25) is 0 Å². The molecule has 8 heteroatoms. The summed E-state index contributed by atoms with van der Waals surface area (Å²) in [6, 6.07) is 6.05. The SMILES string of the molecule is COC(=O)c1c(NC(=O)CCCOc2ccc(C(C)C)c(C)c2)sc2c1C(C(=O)OC)CC2. The van der Waals surface area contributed by atoms with Crippen LogP contribution in [0.1, 0.15) is 76.9 Å². The van der Waals surface area contributed by atoms with Gasteiger partial charge in [-0.05, 0) is 60.9 Å². The zero-order chi connectivity index (χ0) is 24.1. The van der Waals surface area contributed by atoms with E-state index in [0.717, 1.165) is 10.6 Å². The van der Waals surface area contributed by atoms with Crippen LogP contribution in [0.15, 0.2) is 18.2 Å². The highest BCUT2D eigenvalue weighted by molar-refractivity contribution is 7.17. The summed E-state index contributed by atoms with van der Waals surface area (Å²) in [5, 5.41) is 3.25. The number of esters is 2. The molecule has 1 aromatic carbocycles. The molecule has 1 N–H and O–H groups in total. The van der Waals surface area contributed by atoms with Gasteiger partial charge in [-0.25, -0.2) is 4.79 Å². The average Bonchev–Trinajstić information content (AvgIpc) is 3.34. The lowest BCUT2D eigenvalue weighted by Gasteiger charge is -2.13. The number of carbonyl (C=O) groups is 3. The van der Waals surface area contributed by atoms with Gasteiger partial charge in [-0.15, -0.1) is 11.3 Å². The van der Waals surface area contributed by atoms with Crippen LogP contribution < -0.4 is 10.1 Å². The molecule has 0 spiro atoms. The van der Waals surface area contributed by atoms with Crippen LogP contribution in [0.5, 0.6) is 5.75 Å². The van der Waals surface area contributed by atoms with Crippen molar-refractivity contribution >= 4 is 34.2 Å². The largest absolute Gasteiger partial charge is 0.494 e. The van der Waals surface area contributed by atoms with Gasteiger partial charge in [0, 0.05) is 11.3 Å². The quantitative estimate of drug-likeness (QED) is 0.409. The Morgan fingerprint density at radius 3 is 2.58 bits per heavy atom. The first-order valence-corrected chi connectivity index (χ1v) is 11.9. The van der Waals surface area contributed by atoms with E-state index < -0.39 is 11.9 Å². The van der Waals surface area contributed by atoms with Crippen LogP contribution in [0.4, 0.5) is 5.00 Å². The molecule has 178 valence electrons. The van der Waals surface area contributed by atoms with E-state index in [0.29, 0.717) is 42.4 Å². The van der Waals surface area contributed by atoms with Crippen LogP contribution in [-0.4, -0.2) is 38.7 Å². The first-order chi connectivity index (χ1) is 15.8. The number of aryl methyl sites for hydroxylation is 2. The Kier molecular flexibility index (Phi) is 8.13. The molecule has 7 nitrogen and oxygen atoms in total. The second-order valence-corrected chi connectivity index (χ2v) is 9.53. The molecule has 1 aliphatic carbocycles. The van der Waals surface area contributed by atoms with Gasteiger partial charge in [-0.1, -0.05) is 19.9 Å². The Hall–Kier alpha value is -2.87. The number of carbonyl (C=O) groups excluding carboxylic acids is 3. The third-order valence-corrected chi connectivity index (χ3v) is 7.02. The number of anilines is 1. The zero-order valence-corrected chi connectivity index (χ0v) is 20.6. The van der Waals surface area contributed by atoms with E-state index >= 15 is 0 Å². The van der Waals surface area contributed by atoms with Crippen molar-refractivity contribution in [3.8, 4) is 5.75 Å². The summed E-state index contributed by atoms with van der Waals surface area (Å²) in [4.78, 5) is 38.1. The fourth-order valence-electron chi connectivity index (χ4n) is 4.23. The fraction of sp³-hybridized carbons (Fsp3) is 0.480. The maximum atomic E-state index is 12.6. The highest BCUT2D eigenvalue weighted by Gasteiger charge is 2.38. The van der Waals surface area contributed by atoms with E-state index in [4.69, 9.17) is 14.2 Å². The second kappa shape index (κ2) is 10.8. The first kappa shape index (κ1) is 24.8. The van der Waals surface area contributed by atoms with Crippen molar-refractivity contribution in [2.24, 2.45) is 0 Å². The van der Waals surface area contributed by atoms with Crippen LogP contribution in [0, 0.1) is 6.92 Å². The van der Waals surface area contributed by atoms with Crippen molar-refractivity contribution in [2.75, 3.05) is 26.1 Å². The maximum absolute atomic E-state index is 12.6. The molecule has 1 aliphatic rings. The zero-order valence-electron chi connectivity index (χ0n) is 19.8. The fourth-order valence-corrected chi connectivity index (χ4v) is 5.51. The third kappa shape index (κ3) is 5.55. The highest BCUT2D eigenvalue weighted by atomic mass is 32.1. The van der Waals surface area contributed by atoms with Crippen molar-refractivity contribution in [1.82, 2.24) is 0 Å². The van der Waals surface area contributed by atoms with Gasteiger partial charge in [0.15, 0.2) is 0 Å². The lowest BCUT2D eigenvalue weighted by molar-refractivity contribution is -0.142. The average molecular weight is 474 g/mol. The third-order valence-electron chi connectivity index (χ3n) is 5.84. The van der Waals surface area contributed by atoms with Gasteiger partial charge in [0.25, 0.3) is 0 Å². The number of hydrogen-bond acceptors (Lipinski definition) is 7. The molecule has 1 atom stereocenters. The van der Waals surface area contributed by atoms with Crippen LogP contribution in [0.3, 0.4) is 0 Å². The number of hydrogen-bond donors (Lipinski definition) is 1. The van der Waals surface area contributed by atoms with Gasteiger partial charge in [-0.2, -0.15) is 0 Å². The molecule has 0 saturated carbocycles. The Morgan fingerprint density at radius 2 is 1.94 bits per heavy atom. The molecule has 0 fully saturated rings. The molecule has 1 unspecified atom stereocenters. The normalized spacial score (nSPS) is 14.7. The van der Waals surface area contributed by atoms with E-state index in [1.807, 2.05) is 12.1 Å². The summed E-state index contributed by atoms with van der Waals surface area (Å²) in [5.41, 5.74) is 3.36. The minimum absolute atomic E-state index is 0.218. The van der Waals surface area contributed by atoms with Gasteiger partial charge in [0.1, 0.15) is 10.8 Å². The molecule has 33 heavy (non-hydrogen) atoms. The topological polar surface area (TPSA) is 90.9 Å². The molecule has 1 heterocycles. The summed E-state index contributed by atoms with van der Waals surface area (Å²) >= 11 is 1.32. The summed E-state index contributed by atoms with van der Waals surface area (Å²) < 4.78 is 15.6. The lowest BCUT2D eigenvalue weighted by atomic mass is 9.98. The summed E-state index contributed by atoms with van der Waals surface area (Å²) in [6.45, 7) is 6.79. The van der Waals surface area contributed by atoms with Gasteiger partial charge in [0.2, 0.25) is 5.91 Å².